The van der Waals surface area contributed by atoms with Crippen LogP contribution in [-0.4, -0.2) is 16.0 Å². The number of aromatic hydroxyl groups is 1. The molecule has 1 amide bonds. The van der Waals surface area contributed by atoms with Gasteiger partial charge in [-0.25, -0.2) is 0 Å². The van der Waals surface area contributed by atoms with Crippen LogP contribution in [0.25, 0.3) is 10.9 Å². The summed E-state index contributed by atoms with van der Waals surface area (Å²) in [6.45, 7) is 2.04. The zero-order valence-corrected chi connectivity index (χ0v) is 13.5. The number of pyridine rings is 1. The van der Waals surface area contributed by atoms with Crippen LogP contribution in [0.3, 0.4) is 0 Å². The van der Waals surface area contributed by atoms with Gasteiger partial charge in [-0.2, -0.15) is 0 Å². The molecule has 124 valence electrons. The summed E-state index contributed by atoms with van der Waals surface area (Å²) in [7, 11) is 0. The Morgan fingerprint density at radius 1 is 1.29 bits per heavy atom. The Bertz CT molecular complexity index is 828. The number of amides is 1. The van der Waals surface area contributed by atoms with E-state index in [0.717, 1.165) is 18.2 Å². The fraction of sp³-hybridized carbons (Fsp3) is 0.263. The molecule has 1 atom stereocenters. The highest BCUT2D eigenvalue weighted by atomic mass is 16.3. The number of hydrogen-bond acceptors (Lipinski definition) is 4. The van der Waals surface area contributed by atoms with E-state index in [-0.39, 0.29) is 11.7 Å². The van der Waals surface area contributed by atoms with Crippen molar-refractivity contribution in [3.8, 4) is 5.75 Å². The first-order valence-corrected chi connectivity index (χ1v) is 8.10. The minimum atomic E-state index is -0.546. The number of carbonyl (C=O) groups excluding carboxylic acids is 1. The lowest BCUT2D eigenvalue weighted by molar-refractivity contribution is -0.121. The average molecular weight is 324 g/mol. The number of carbonyl (C=O) groups is 1. The van der Waals surface area contributed by atoms with Crippen LogP contribution in [-0.2, 0) is 4.79 Å². The van der Waals surface area contributed by atoms with Crippen molar-refractivity contribution in [2.45, 2.75) is 32.2 Å². The van der Waals surface area contributed by atoms with Crippen LogP contribution in [0, 0.1) is 0 Å². The predicted molar refractivity (Wildman–Crippen MR) is 91.6 cm³/mol. The number of furan rings is 1. The molecule has 5 nitrogen and oxygen atoms in total. The Labute approximate surface area is 140 Å². The maximum atomic E-state index is 12.2. The number of nitrogens with zero attached hydrogens (tertiary/aromatic N) is 1. The van der Waals surface area contributed by atoms with Gasteiger partial charge in [-0.1, -0.05) is 31.5 Å². The molecule has 0 spiro atoms. The van der Waals surface area contributed by atoms with Crippen molar-refractivity contribution in [2.24, 2.45) is 0 Å². The highest BCUT2D eigenvalue weighted by Gasteiger charge is 2.23. The maximum Gasteiger partial charge on any atom is 0.220 e. The summed E-state index contributed by atoms with van der Waals surface area (Å²) in [6, 6.07) is 10.4. The van der Waals surface area contributed by atoms with Gasteiger partial charge in [0.15, 0.2) is 0 Å². The van der Waals surface area contributed by atoms with Gasteiger partial charge in [0.2, 0.25) is 5.91 Å². The summed E-state index contributed by atoms with van der Waals surface area (Å²) in [5, 5.41) is 14.4. The molecule has 5 heteroatoms. The third-order valence-electron chi connectivity index (χ3n) is 3.98. The normalized spacial score (nSPS) is 12.2. The number of benzene rings is 1. The number of fused-ring (bicyclic) bond motifs is 1. The van der Waals surface area contributed by atoms with Crippen LogP contribution in [0.2, 0.25) is 0 Å². The number of rotatable bonds is 6. The fourth-order valence-electron chi connectivity index (χ4n) is 2.71. The van der Waals surface area contributed by atoms with Gasteiger partial charge in [0.1, 0.15) is 23.1 Å². The summed E-state index contributed by atoms with van der Waals surface area (Å²) < 4.78 is 5.48. The molecule has 2 aromatic heterocycles. The van der Waals surface area contributed by atoms with Gasteiger partial charge < -0.3 is 14.8 Å². The van der Waals surface area contributed by atoms with E-state index in [1.165, 1.54) is 0 Å². The van der Waals surface area contributed by atoms with Gasteiger partial charge in [-0.15, -0.1) is 0 Å². The third-order valence-corrected chi connectivity index (χ3v) is 3.98. The van der Waals surface area contributed by atoms with Crippen molar-refractivity contribution in [3.63, 3.8) is 0 Å². The first-order chi connectivity index (χ1) is 11.7. The van der Waals surface area contributed by atoms with Crippen LogP contribution in [0.15, 0.2) is 53.3 Å². The molecule has 0 saturated heterocycles. The van der Waals surface area contributed by atoms with Crippen molar-refractivity contribution >= 4 is 16.8 Å². The van der Waals surface area contributed by atoms with Crippen LogP contribution in [0.4, 0.5) is 0 Å². The van der Waals surface area contributed by atoms with Crippen LogP contribution < -0.4 is 5.32 Å². The zero-order chi connectivity index (χ0) is 16.9. The average Bonchev–Trinajstić information content (AvgIpc) is 3.13. The highest BCUT2D eigenvalue weighted by Crippen LogP contribution is 2.34. The molecule has 0 aliphatic heterocycles. The number of hydrogen-bond donors (Lipinski definition) is 2. The van der Waals surface area contributed by atoms with Crippen molar-refractivity contribution < 1.29 is 14.3 Å². The van der Waals surface area contributed by atoms with E-state index in [0.29, 0.717) is 23.3 Å². The van der Waals surface area contributed by atoms with E-state index < -0.39 is 6.04 Å². The van der Waals surface area contributed by atoms with E-state index >= 15 is 0 Å². The summed E-state index contributed by atoms with van der Waals surface area (Å²) in [5.74, 6) is 0.564. The molecule has 0 radical (unpaired) electrons. The second-order valence-corrected chi connectivity index (χ2v) is 5.70. The molecule has 2 heterocycles. The van der Waals surface area contributed by atoms with Gasteiger partial charge in [0.25, 0.3) is 0 Å². The summed E-state index contributed by atoms with van der Waals surface area (Å²) in [4.78, 5) is 16.4. The van der Waals surface area contributed by atoms with Gasteiger partial charge >= 0.3 is 0 Å². The SMILES string of the molecule is CCCCC(=O)N[C@H](c1ccco1)c1ccc2cccnc2c1O. The lowest BCUT2D eigenvalue weighted by Crippen LogP contribution is -2.28. The Balaban J connectivity index is 1.99. The molecule has 3 aromatic rings. The number of phenols is 1. The van der Waals surface area contributed by atoms with Crippen LogP contribution in [0.5, 0.6) is 5.75 Å². The van der Waals surface area contributed by atoms with Gasteiger partial charge in [-0.3, -0.25) is 9.78 Å². The second kappa shape index (κ2) is 7.17. The largest absolute Gasteiger partial charge is 0.505 e. The Kier molecular flexibility index (Phi) is 4.79. The van der Waals surface area contributed by atoms with Crippen molar-refractivity contribution in [2.75, 3.05) is 0 Å². The minimum absolute atomic E-state index is 0.0605. The number of nitrogens with one attached hydrogen (secondary N) is 1. The number of unbranched alkanes of at least 4 members (excludes halogenated alkanes) is 1. The predicted octanol–water partition coefficient (Wildman–Crippen LogP) is 3.93. The van der Waals surface area contributed by atoms with E-state index in [9.17, 15) is 9.90 Å². The van der Waals surface area contributed by atoms with Crippen molar-refractivity contribution in [1.82, 2.24) is 10.3 Å². The van der Waals surface area contributed by atoms with Crippen molar-refractivity contribution in [3.05, 3.63) is 60.2 Å². The smallest absolute Gasteiger partial charge is 0.220 e. The molecular weight excluding hydrogens is 304 g/mol. The van der Waals surface area contributed by atoms with Gasteiger partial charge in [-0.05, 0) is 24.6 Å². The second-order valence-electron chi connectivity index (χ2n) is 5.70. The molecule has 3 rings (SSSR count). The standard InChI is InChI=1S/C19H20N2O3/c1-2-3-8-16(22)21-18(15-7-5-12-24-15)14-10-9-13-6-4-11-20-17(13)19(14)23/h4-7,9-12,18,23H,2-3,8H2,1H3,(H,21,22)/t18-/m0/s1. The van der Waals surface area contributed by atoms with Crippen LogP contribution >= 0.6 is 0 Å². The minimum Gasteiger partial charge on any atom is -0.505 e. The summed E-state index contributed by atoms with van der Waals surface area (Å²) >= 11 is 0. The molecular formula is C19H20N2O3. The van der Waals surface area contributed by atoms with E-state index in [2.05, 4.69) is 10.3 Å². The van der Waals surface area contributed by atoms with E-state index in [1.54, 1.807) is 30.7 Å². The van der Waals surface area contributed by atoms with E-state index in [1.807, 2.05) is 25.1 Å². The first kappa shape index (κ1) is 16.1. The zero-order valence-electron chi connectivity index (χ0n) is 13.5. The molecule has 2 N–H and O–H groups in total. The summed E-state index contributed by atoms with van der Waals surface area (Å²) in [6.07, 6.45) is 5.40. The Morgan fingerprint density at radius 3 is 2.92 bits per heavy atom. The third kappa shape index (κ3) is 3.25. The first-order valence-electron chi connectivity index (χ1n) is 8.10. The molecule has 0 aliphatic rings. The summed E-state index contributed by atoms with van der Waals surface area (Å²) in [5.41, 5.74) is 1.08. The molecule has 0 unspecified atom stereocenters. The van der Waals surface area contributed by atoms with Gasteiger partial charge in [0.05, 0.1) is 6.26 Å². The number of phenolic OH excluding ortho intramolecular Hbond substituents is 1. The maximum absolute atomic E-state index is 12.2. The fourth-order valence-corrected chi connectivity index (χ4v) is 2.71. The number of aromatic nitrogens is 1. The van der Waals surface area contributed by atoms with Gasteiger partial charge in [0, 0.05) is 23.6 Å². The Hall–Kier alpha value is -2.82. The lowest BCUT2D eigenvalue weighted by Gasteiger charge is -2.19. The molecule has 24 heavy (non-hydrogen) atoms. The molecule has 0 aliphatic carbocycles. The monoisotopic (exact) mass is 324 g/mol. The molecule has 0 saturated carbocycles. The molecule has 0 bridgehead atoms. The van der Waals surface area contributed by atoms with E-state index in [4.69, 9.17) is 4.42 Å². The van der Waals surface area contributed by atoms with Crippen molar-refractivity contribution in [1.29, 1.82) is 0 Å². The van der Waals surface area contributed by atoms with Crippen LogP contribution in [0.1, 0.15) is 43.6 Å². The molecule has 1 aromatic carbocycles. The lowest BCUT2D eigenvalue weighted by atomic mass is 10.0. The molecule has 0 fully saturated rings. The quantitative estimate of drug-likeness (QED) is 0.720. The highest BCUT2D eigenvalue weighted by molar-refractivity contribution is 5.86. The topological polar surface area (TPSA) is 75.4 Å². The Morgan fingerprint density at radius 2 is 2.17 bits per heavy atom.